The molecule has 0 aliphatic heterocycles. The van der Waals surface area contributed by atoms with Gasteiger partial charge in [0, 0.05) is 12.0 Å². The van der Waals surface area contributed by atoms with Crippen molar-refractivity contribution >= 4 is 5.78 Å². The summed E-state index contributed by atoms with van der Waals surface area (Å²) in [4.78, 5) is 11.3. The molecule has 15 heavy (non-hydrogen) atoms. The Morgan fingerprint density at radius 3 is 2.60 bits per heavy atom. The second-order valence-corrected chi connectivity index (χ2v) is 3.06. The Morgan fingerprint density at radius 1 is 1.40 bits per heavy atom. The molecule has 0 atom stereocenters. The molecule has 0 radical (unpaired) electrons. The normalized spacial score (nSPS) is 9.33. The summed E-state index contributed by atoms with van der Waals surface area (Å²) in [7, 11) is 0. The third kappa shape index (κ3) is 3.43. The highest BCUT2D eigenvalue weighted by Crippen LogP contribution is 2.13. The van der Waals surface area contributed by atoms with Crippen LogP contribution < -0.4 is 4.74 Å². The van der Waals surface area contributed by atoms with Crippen molar-refractivity contribution in [3.63, 3.8) is 0 Å². The molecule has 1 rings (SSSR count). The van der Waals surface area contributed by atoms with E-state index in [0.29, 0.717) is 30.8 Å². The van der Waals surface area contributed by atoms with E-state index in [4.69, 9.17) is 10.00 Å². The molecule has 3 heteroatoms. The van der Waals surface area contributed by atoms with Crippen LogP contribution in [0.5, 0.6) is 5.75 Å². The van der Waals surface area contributed by atoms with Gasteiger partial charge in [0.2, 0.25) is 0 Å². The maximum Gasteiger partial charge on any atom is 0.162 e. The van der Waals surface area contributed by atoms with Gasteiger partial charge in [-0.15, -0.1) is 0 Å². The molecule has 0 aromatic heterocycles. The van der Waals surface area contributed by atoms with E-state index in [2.05, 4.69) is 0 Å². The number of ether oxygens (including phenoxy) is 1. The summed E-state index contributed by atoms with van der Waals surface area (Å²) in [6, 6.07) is 8.99. The SMILES string of the molecule is CCC(=O)c1ccc(OCCC#N)cc1. The van der Waals surface area contributed by atoms with Gasteiger partial charge < -0.3 is 4.74 Å². The fourth-order valence-electron chi connectivity index (χ4n) is 1.16. The van der Waals surface area contributed by atoms with Crippen LogP contribution in [0.3, 0.4) is 0 Å². The summed E-state index contributed by atoms with van der Waals surface area (Å²) in [6.07, 6.45) is 0.879. The first kappa shape index (κ1) is 11.3. The molecule has 0 N–H and O–H groups in total. The molecule has 1 aromatic rings. The predicted molar refractivity (Wildman–Crippen MR) is 56.8 cm³/mol. The maximum absolute atomic E-state index is 11.3. The Balaban J connectivity index is 2.57. The van der Waals surface area contributed by atoms with E-state index in [-0.39, 0.29) is 5.78 Å². The van der Waals surface area contributed by atoms with Gasteiger partial charge in [0.15, 0.2) is 5.78 Å². The monoisotopic (exact) mass is 203 g/mol. The van der Waals surface area contributed by atoms with Crippen LogP contribution in [0.25, 0.3) is 0 Å². The van der Waals surface area contributed by atoms with E-state index in [9.17, 15) is 4.79 Å². The fraction of sp³-hybridized carbons (Fsp3) is 0.333. The molecule has 0 bridgehead atoms. The molecule has 0 fully saturated rings. The van der Waals surface area contributed by atoms with Crippen LogP contribution in [-0.4, -0.2) is 12.4 Å². The van der Waals surface area contributed by atoms with Crippen LogP contribution in [-0.2, 0) is 0 Å². The topological polar surface area (TPSA) is 50.1 Å². The minimum Gasteiger partial charge on any atom is -0.493 e. The van der Waals surface area contributed by atoms with Crippen LogP contribution in [0, 0.1) is 11.3 Å². The number of rotatable bonds is 5. The molecular weight excluding hydrogens is 190 g/mol. The van der Waals surface area contributed by atoms with Gasteiger partial charge in [0.05, 0.1) is 12.5 Å². The van der Waals surface area contributed by atoms with Gasteiger partial charge in [0.1, 0.15) is 12.4 Å². The quantitative estimate of drug-likeness (QED) is 0.546. The Labute approximate surface area is 89.3 Å². The third-order valence-corrected chi connectivity index (χ3v) is 1.98. The van der Waals surface area contributed by atoms with Crippen LogP contribution in [0.15, 0.2) is 24.3 Å². The molecule has 0 heterocycles. The largest absolute Gasteiger partial charge is 0.493 e. The highest BCUT2D eigenvalue weighted by atomic mass is 16.5. The summed E-state index contributed by atoms with van der Waals surface area (Å²) in [6.45, 7) is 2.22. The lowest BCUT2D eigenvalue weighted by Gasteiger charge is -2.04. The summed E-state index contributed by atoms with van der Waals surface area (Å²) >= 11 is 0. The Morgan fingerprint density at radius 2 is 2.07 bits per heavy atom. The van der Waals surface area contributed by atoms with E-state index in [1.807, 2.05) is 13.0 Å². The summed E-state index contributed by atoms with van der Waals surface area (Å²) < 4.78 is 5.28. The van der Waals surface area contributed by atoms with E-state index in [0.717, 1.165) is 0 Å². The molecule has 0 saturated heterocycles. The van der Waals surface area contributed by atoms with E-state index in [1.54, 1.807) is 24.3 Å². The Bertz CT molecular complexity index is 362. The number of benzene rings is 1. The van der Waals surface area contributed by atoms with Crippen molar-refractivity contribution in [2.45, 2.75) is 19.8 Å². The summed E-state index contributed by atoms with van der Waals surface area (Å²) in [5.41, 5.74) is 0.699. The van der Waals surface area contributed by atoms with Gasteiger partial charge >= 0.3 is 0 Å². The van der Waals surface area contributed by atoms with Gasteiger partial charge in [-0.2, -0.15) is 5.26 Å². The first-order chi connectivity index (χ1) is 7.27. The highest BCUT2D eigenvalue weighted by Gasteiger charge is 2.02. The lowest BCUT2D eigenvalue weighted by Crippen LogP contribution is -1.98. The smallest absolute Gasteiger partial charge is 0.162 e. The zero-order valence-electron chi connectivity index (χ0n) is 8.69. The van der Waals surface area contributed by atoms with Crippen LogP contribution in [0.2, 0.25) is 0 Å². The second kappa shape index (κ2) is 5.82. The maximum atomic E-state index is 11.3. The van der Waals surface area contributed by atoms with E-state index >= 15 is 0 Å². The molecule has 0 amide bonds. The number of ketones is 1. The van der Waals surface area contributed by atoms with Crippen molar-refractivity contribution in [2.24, 2.45) is 0 Å². The zero-order valence-corrected chi connectivity index (χ0v) is 8.69. The molecular formula is C12H13NO2. The average Bonchev–Trinajstić information content (AvgIpc) is 2.29. The zero-order chi connectivity index (χ0) is 11.1. The Hall–Kier alpha value is -1.82. The molecule has 0 spiro atoms. The van der Waals surface area contributed by atoms with Crippen LogP contribution >= 0.6 is 0 Å². The van der Waals surface area contributed by atoms with Gasteiger partial charge in [-0.25, -0.2) is 0 Å². The first-order valence-corrected chi connectivity index (χ1v) is 4.91. The standard InChI is InChI=1S/C12H13NO2/c1-2-12(14)10-4-6-11(7-5-10)15-9-3-8-13/h4-7H,2-3,9H2,1H3. The lowest BCUT2D eigenvalue weighted by atomic mass is 10.1. The van der Waals surface area contributed by atoms with Gasteiger partial charge in [0.25, 0.3) is 0 Å². The minimum absolute atomic E-state index is 0.124. The molecule has 0 unspecified atom stereocenters. The number of hydrogen-bond acceptors (Lipinski definition) is 3. The third-order valence-electron chi connectivity index (χ3n) is 1.98. The van der Waals surface area contributed by atoms with Gasteiger partial charge in [-0.3, -0.25) is 4.79 Å². The first-order valence-electron chi connectivity index (χ1n) is 4.91. The summed E-state index contributed by atoms with van der Waals surface area (Å²) in [5.74, 6) is 0.816. The lowest BCUT2D eigenvalue weighted by molar-refractivity contribution is 0.0988. The van der Waals surface area contributed by atoms with Crippen LogP contribution in [0.4, 0.5) is 0 Å². The number of Topliss-reactive ketones (excluding diaryl/α,β-unsaturated/α-hetero) is 1. The van der Waals surface area contributed by atoms with Crippen molar-refractivity contribution in [3.05, 3.63) is 29.8 Å². The van der Waals surface area contributed by atoms with Crippen molar-refractivity contribution in [2.75, 3.05) is 6.61 Å². The van der Waals surface area contributed by atoms with Crippen molar-refractivity contribution in [1.82, 2.24) is 0 Å². The van der Waals surface area contributed by atoms with E-state index < -0.39 is 0 Å². The number of nitriles is 1. The number of carbonyl (C=O) groups excluding carboxylic acids is 1. The average molecular weight is 203 g/mol. The molecule has 0 aliphatic carbocycles. The van der Waals surface area contributed by atoms with Crippen molar-refractivity contribution in [3.8, 4) is 11.8 Å². The molecule has 0 aliphatic rings. The molecule has 78 valence electrons. The predicted octanol–water partition coefficient (Wildman–Crippen LogP) is 2.57. The second-order valence-electron chi connectivity index (χ2n) is 3.06. The number of carbonyl (C=O) groups is 1. The van der Waals surface area contributed by atoms with Gasteiger partial charge in [-0.05, 0) is 24.3 Å². The fourth-order valence-corrected chi connectivity index (χ4v) is 1.16. The minimum atomic E-state index is 0.124. The molecule has 0 saturated carbocycles. The van der Waals surface area contributed by atoms with Crippen molar-refractivity contribution in [1.29, 1.82) is 5.26 Å². The summed E-state index contributed by atoms with van der Waals surface area (Å²) in [5, 5.41) is 8.32. The van der Waals surface area contributed by atoms with Crippen LogP contribution in [0.1, 0.15) is 30.1 Å². The number of hydrogen-bond donors (Lipinski definition) is 0. The molecule has 1 aromatic carbocycles. The Kier molecular flexibility index (Phi) is 4.36. The van der Waals surface area contributed by atoms with E-state index in [1.165, 1.54) is 0 Å². The van der Waals surface area contributed by atoms with Gasteiger partial charge in [-0.1, -0.05) is 6.92 Å². The highest BCUT2D eigenvalue weighted by molar-refractivity contribution is 5.95. The number of nitrogens with zero attached hydrogens (tertiary/aromatic N) is 1. The molecule has 3 nitrogen and oxygen atoms in total. The van der Waals surface area contributed by atoms with Crippen molar-refractivity contribution < 1.29 is 9.53 Å².